The summed E-state index contributed by atoms with van der Waals surface area (Å²) < 4.78 is 43.4. The minimum Gasteiger partial charge on any atom is -0.491 e. The molecule has 10 heteroatoms. The Kier molecular flexibility index (Phi) is 8.46. The fourth-order valence-electron chi connectivity index (χ4n) is 3.45. The molecule has 0 aliphatic carbocycles. The second kappa shape index (κ2) is 11.1. The van der Waals surface area contributed by atoms with Gasteiger partial charge in [-0.05, 0) is 31.2 Å². The van der Waals surface area contributed by atoms with Crippen LogP contribution in [-0.2, 0) is 24.3 Å². The van der Waals surface area contributed by atoms with E-state index in [1.165, 1.54) is 4.31 Å². The zero-order valence-corrected chi connectivity index (χ0v) is 18.3. The molecule has 3 rings (SSSR count). The minimum absolute atomic E-state index is 0.0440. The number of amides is 1. The normalized spacial score (nSPS) is 19.0. The van der Waals surface area contributed by atoms with Crippen LogP contribution in [-0.4, -0.2) is 107 Å². The van der Waals surface area contributed by atoms with E-state index in [0.717, 1.165) is 13.1 Å². The summed E-state index contributed by atoms with van der Waals surface area (Å²) in [5.41, 5.74) is 0. The summed E-state index contributed by atoms with van der Waals surface area (Å²) in [5.74, 6) is 0.648. The van der Waals surface area contributed by atoms with Gasteiger partial charge in [0.05, 0.1) is 31.3 Å². The molecule has 0 spiro atoms. The molecule has 0 N–H and O–H groups in total. The van der Waals surface area contributed by atoms with Crippen molar-refractivity contribution in [2.75, 3.05) is 78.8 Å². The maximum atomic E-state index is 12.9. The lowest BCUT2D eigenvalue weighted by atomic mass is 10.3. The van der Waals surface area contributed by atoms with Crippen molar-refractivity contribution < 1.29 is 27.4 Å². The van der Waals surface area contributed by atoms with Crippen molar-refractivity contribution in [2.24, 2.45) is 0 Å². The molecule has 2 fully saturated rings. The average Bonchev–Trinajstić information content (AvgIpc) is 2.78. The second-order valence-electron chi connectivity index (χ2n) is 7.19. The zero-order chi connectivity index (χ0) is 21.4. The molecule has 2 heterocycles. The van der Waals surface area contributed by atoms with Gasteiger partial charge in [0.25, 0.3) is 0 Å². The molecule has 2 aliphatic heterocycles. The molecule has 1 aromatic rings. The standard InChI is InChI=1S/C20H31N3O6S/c1-2-27-15-16-29-18-3-5-19(6-4-18)30(25,26)23-9-7-22(8-10-23)20(24)17-21-11-13-28-14-12-21/h3-6H,2,7-17H2,1H3. The van der Waals surface area contributed by atoms with Crippen LogP contribution in [0.3, 0.4) is 0 Å². The molecule has 30 heavy (non-hydrogen) atoms. The number of piperazine rings is 1. The monoisotopic (exact) mass is 441 g/mol. The Hall–Kier alpha value is -1.72. The van der Waals surface area contributed by atoms with Gasteiger partial charge in [0.15, 0.2) is 0 Å². The molecule has 0 radical (unpaired) electrons. The van der Waals surface area contributed by atoms with E-state index in [1.54, 1.807) is 29.2 Å². The van der Waals surface area contributed by atoms with Crippen molar-refractivity contribution >= 4 is 15.9 Å². The van der Waals surface area contributed by atoms with Gasteiger partial charge in [-0.2, -0.15) is 4.31 Å². The number of carbonyl (C=O) groups excluding carboxylic acids is 1. The molecule has 0 aromatic heterocycles. The number of benzene rings is 1. The van der Waals surface area contributed by atoms with Gasteiger partial charge in [-0.25, -0.2) is 8.42 Å². The van der Waals surface area contributed by atoms with Crippen LogP contribution in [0, 0.1) is 0 Å². The van der Waals surface area contributed by atoms with Crippen LogP contribution in [0.25, 0.3) is 0 Å². The van der Waals surface area contributed by atoms with Crippen LogP contribution in [0.1, 0.15) is 6.92 Å². The Balaban J connectivity index is 1.49. The lowest BCUT2D eigenvalue weighted by Gasteiger charge is -2.35. The number of nitrogens with zero attached hydrogens (tertiary/aromatic N) is 3. The van der Waals surface area contributed by atoms with E-state index in [1.807, 2.05) is 6.92 Å². The predicted molar refractivity (Wildman–Crippen MR) is 111 cm³/mol. The topological polar surface area (TPSA) is 88.6 Å². The molecule has 0 unspecified atom stereocenters. The first-order chi connectivity index (χ1) is 14.5. The lowest BCUT2D eigenvalue weighted by molar-refractivity contribution is -0.134. The first kappa shape index (κ1) is 23.0. The van der Waals surface area contributed by atoms with E-state index in [4.69, 9.17) is 14.2 Å². The minimum atomic E-state index is -3.60. The summed E-state index contributed by atoms with van der Waals surface area (Å²) in [5, 5.41) is 0. The van der Waals surface area contributed by atoms with E-state index in [2.05, 4.69) is 4.90 Å². The molecule has 2 saturated heterocycles. The molecule has 2 aliphatic rings. The summed E-state index contributed by atoms with van der Waals surface area (Å²) in [7, 11) is -3.60. The predicted octanol–water partition coefficient (Wildman–Crippen LogP) is 0.267. The number of hydrogen-bond donors (Lipinski definition) is 0. The van der Waals surface area contributed by atoms with Crippen molar-refractivity contribution in [1.29, 1.82) is 0 Å². The van der Waals surface area contributed by atoms with Gasteiger partial charge in [0.2, 0.25) is 15.9 Å². The second-order valence-corrected chi connectivity index (χ2v) is 9.13. The molecule has 0 atom stereocenters. The molecule has 1 amide bonds. The maximum absolute atomic E-state index is 12.9. The smallest absolute Gasteiger partial charge is 0.243 e. The molecule has 0 bridgehead atoms. The van der Waals surface area contributed by atoms with Gasteiger partial charge in [0, 0.05) is 45.9 Å². The van der Waals surface area contributed by atoms with Gasteiger partial charge < -0.3 is 19.1 Å². The van der Waals surface area contributed by atoms with Crippen LogP contribution in [0.2, 0.25) is 0 Å². The number of carbonyl (C=O) groups is 1. The third kappa shape index (κ3) is 6.14. The number of rotatable bonds is 9. The van der Waals surface area contributed by atoms with Crippen molar-refractivity contribution in [3.63, 3.8) is 0 Å². The van der Waals surface area contributed by atoms with Gasteiger partial charge in [0.1, 0.15) is 12.4 Å². The van der Waals surface area contributed by atoms with Crippen LogP contribution in [0.15, 0.2) is 29.2 Å². The van der Waals surface area contributed by atoms with Crippen molar-refractivity contribution in [3.05, 3.63) is 24.3 Å². The number of sulfonamides is 1. The van der Waals surface area contributed by atoms with Crippen molar-refractivity contribution in [1.82, 2.24) is 14.1 Å². The fourth-order valence-corrected chi connectivity index (χ4v) is 4.87. The van der Waals surface area contributed by atoms with Crippen LogP contribution in [0.4, 0.5) is 0 Å². The largest absolute Gasteiger partial charge is 0.491 e. The Labute approximate surface area is 178 Å². The summed E-state index contributed by atoms with van der Waals surface area (Å²) in [6.45, 7) is 8.02. The summed E-state index contributed by atoms with van der Waals surface area (Å²) in [6.07, 6.45) is 0. The van der Waals surface area contributed by atoms with Gasteiger partial charge >= 0.3 is 0 Å². The third-order valence-electron chi connectivity index (χ3n) is 5.22. The highest BCUT2D eigenvalue weighted by molar-refractivity contribution is 7.89. The molecular weight excluding hydrogens is 410 g/mol. The van der Waals surface area contributed by atoms with Crippen LogP contribution >= 0.6 is 0 Å². The SMILES string of the molecule is CCOCCOc1ccc(S(=O)(=O)N2CCN(C(=O)CN3CCOCC3)CC2)cc1. The number of morpholine rings is 1. The highest BCUT2D eigenvalue weighted by atomic mass is 32.2. The summed E-state index contributed by atoms with van der Waals surface area (Å²) >= 11 is 0. The number of ether oxygens (including phenoxy) is 3. The summed E-state index contributed by atoms with van der Waals surface area (Å²) in [6, 6.07) is 6.42. The van der Waals surface area contributed by atoms with Gasteiger partial charge in [-0.3, -0.25) is 9.69 Å². The fraction of sp³-hybridized carbons (Fsp3) is 0.650. The quantitative estimate of drug-likeness (QED) is 0.508. The molecule has 1 aromatic carbocycles. The highest BCUT2D eigenvalue weighted by Crippen LogP contribution is 2.21. The van der Waals surface area contributed by atoms with Crippen molar-refractivity contribution in [3.8, 4) is 5.75 Å². The van der Waals surface area contributed by atoms with E-state index >= 15 is 0 Å². The Bertz CT molecular complexity index is 772. The van der Waals surface area contributed by atoms with Crippen LogP contribution < -0.4 is 4.74 Å². The molecular formula is C20H31N3O6S. The number of hydrogen-bond acceptors (Lipinski definition) is 7. The third-order valence-corrected chi connectivity index (χ3v) is 7.13. The van der Waals surface area contributed by atoms with E-state index in [0.29, 0.717) is 71.5 Å². The highest BCUT2D eigenvalue weighted by Gasteiger charge is 2.30. The van der Waals surface area contributed by atoms with E-state index < -0.39 is 10.0 Å². The Morgan fingerprint density at radius 3 is 2.30 bits per heavy atom. The van der Waals surface area contributed by atoms with Crippen LogP contribution in [0.5, 0.6) is 5.75 Å². The van der Waals surface area contributed by atoms with E-state index in [-0.39, 0.29) is 10.8 Å². The van der Waals surface area contributed by atoms with Crippen molar-refractivity contribution in [2.45, 2.75) is 11.8 Å². The Morgan fingerprint density at radius 1 is 1.00 bits per heavy atom. The summed E-state index contributed by atoms with van der Waals surface area (Å²) in [4.78, 5) is 16.6. The lowest BCUT2D eigenvalue weighted by Crippen LogP contribution is -2.53. The first-order valence-electron chi connectivity index (χ1n) is 10.4. The average molecular weight is 442 g/mol. The zero-order valence-electron chi connectivity index (χ0n) is 17.5. The van der Waals surface area contributed by atoms with Gasteiger partial charge in [-0.15, -0.1) is 0 Å². The molecule has 168 valence electrons. The first-order valence-corrected chi connectivity index (χ1v) is 11.8. The molecule has 0 saturated carbocycles. The van der Waals surface area contributed by atoms with E-state index in [9.17, 15) is 13.2 Å². The molecule has 9 nitrogen and oxygen atoms in total. The Morgan fingerprint density at radius 2 is 1.67 bits per heavy atom. The van der Waals surface area contributed by atoms with Gasteiger partial charge in [-0.1, -0.05) is 0 Å². The maximum Gasteiger partial charge on any atom is 0.243 e.